The summed E-state index contributed by atoms with van der Waals surface area (Å²) in [7, 11) is 0. The monoisotopic (exact) mass is 325 g/mol. The molecule has 0 aliphatic rings. The molecule has 0 atom stereocenters. The van der Waals surface area contributed by atoms with Crippen LogP contribution in [0.5, 0.6) is 0 Å². The van der Waals surface area contributed by atoms with Crippen LogP contribution in [0.1, 0.15) is 17.8 Å². The molecule has 0 radical (unpaired) electrons. The zero-order chi connectivity index (χ0) is 13.0. The minimum Gasteiger partial charge on any atom is -0.481 e. The molecule has 1 aromatic heterocycles. The molecule has 0 spiro atoms. The molecule has 1 heterocycles. The summed E-state index contributed by atoms with van der Waals surface area (Å²) in [5.41, 5.74) is 2.01. The molecule has 1 N–H and O–H groups in total. The first-order chi connectivity index (χ1) is 8.66. The number of hydrogen-bond acceptors (Lipinski definition) is 3. The number of thiazole rings is 1. The summed E-state index contributed by atoms with van der Waals surface area (Å²) in [5, 5.41) is 11.6. The van der Waals surface area contributed by atoms with E-state index in [1.807, 2.05) is 29.6 Å². The molecule has 94 valence electrons. The van der Waals surface area contributed by atoms with Crippen LogP contribution in [0.15, 0.2) is 34.1 Å². The van der Waals surface area contributed by atoms with Crippen molar-refractivity contribution in [3.63, 3.8) is 0 Å². The number of rotatable bonds is 5. The number of aryl methyl sites for hydroxylation is 1. The molecule has 0 bridgehead atoms. The van der Waals surface area contributed by atoms with Gasteiger partial charge in [0.1, 0.15) is 0 Å². The standard InChI is InChI=1S/C13H12BrNO2S/c14-10-5-2-1-4-9(10)11-8-18-12(15-11)6-3-7-13(16)17/h1-2,4-5,8H,3,6-7H2,(H,16,17). The second-order valence-corrected chi connectivity index (χ2v) is 5.65. The fourth-order valence-corrected chi connectivity index (χ4v) is 2.94. The molecule has 2 aromatic rings. The van der Waals surface area contributed by atoms with Crippen molar-refractivity contribution < 1.29 is 9.90 Å². The SMILES string of the molecule is O=C(O)CCCc1nc(-c2ccccc2Br)cs1. The zero-order valence-electron chi connectivity index (χ0n) is 9.60. The van der Waals surface area contributed by atoms with Gasteiger partial charge in [-0.3, -0.25) is 4.79 Å². The number of carbonyl (C=O) groups is 1. The molecule has 0 saturated heterocycles. The molecule has 3 nitrogen and oxygen atoms in total. The van der Waals surface area contributed by atoms with Gasteiger partial charge in [0.15, 0.2) is 0 Å². The van der Waals surface area contributed by atoms with Crippen LogP contribution in [0.25, 0.3) is 11.3 Å². The van der Waals surface area contributed by atoms with Gasteiger partial charge in [0, 0.05) is 21.8 Å². The Morgan fingerprint density at radius 1 is 1.39 bits per heavy atom. The Kier molecular flexibility index (Phi) is 4.49. The fraction of sp³-hybridized carbons (Fsp3) is 0.231. The number of carboxylic acid groups (broad SMARTS) is 1. The summed E-state index contributed by atoms with van der Waals surface area (Å²) in [4.78, 5) is 15.0. The van der Waals surface area contributed by atoms with Crippen LogP contribution in [0, 0.1) is 0 Å². The third kappa shape index (κ3) is 3.40. The van der Waals surface area contributed by atoms with Crippen molar-refractivity contribution in [3.05, 3.63) is 39.1 Å². The van der Waals surface area contributed by atoms with E-state index in [4.69, 9.17) is 5.11 Å². The van der Waals surface area contributed by atoms with Crippen LogP contribution >= 0.6 is 27.3 Å². The zero-order valence-corrected chi connectivity index (χ0v) is 12.0. The Bertz CT molecular complexity index is 553. The predicted octanol–water partition coefficient (Wildman–Crippen LogP) is 3.98. The van der Waals surface area contributed by atoms with Crippen LogP contribution < -0.4 is 0 Å². The molecule has 0 saturated carbocycles. The highest BCUT2D eigenvalue weighted by molar-refractivity contribution is 9.10. The van der Waals surface area contributed by atoms with E-state index >= 15 is 0 Å². The largest absolute Gasteiger partial charge is 0.481 e. The Morgan fingerprint density at radius 2 is 2.17 bits per heavy atom. The van der Waals surface area contributed by atoms with E-state index in [1.165, 1.54) is 0 Å². The van der Waals surface area contributed by atoms with Gasteiger partial charge in [0.25, 0.3) is 0 Å². The van der Waals surface area contributed by atoms with E-state index in [9.17, 15) is 4.79 Å². The first kappa shape index (κ1) is 13.2. The predicted molar refractivity (Wildman–Crippen MR) is 75.8 cm³/mol. The van der Waals surface area contributed by atoms with Crippen molar-refractivity contribution in [1.29, 1.82) is 0 Å². The van der Waals surface area contributed by atoms with Gasteiger partial charge in [-0.05, 0) is 18.9 Å². The Balaban J connectivity index is 2.06. The Labute approximate surface area is 118 Å². The van der Waals surface area contributed by atoms with Crippen LogP contribution in [-0.2, 0) is 11.2 Å². The van der Waals surface area contributed by atoms with Crippen LogP contribution in [0.3, 0.4) is 0 Å². The number of aliphatic carboxylic acids is 1. The van der Waals surface area contributed by atoms with Gasteiger partial charge in [-0.25, -0.2) is 4.98 Å². The second-order valence-electron chi connectivity index (χ2n) is 3.85. The molecular weight excluding hydrogens is 314 g/mol. The second kappa shape index (κ2) is 6.11. The third-order valence-electron chi connectivity index (χ3n) is 2.48. The fourth-order valence-electron chi connectivity index (χ4n) is 1.61. The van der Waals surface area contributed by atoms with Gasteiger partial charge < -0.3 is 5.11 Å². The topological polar surface area (TPSA) is 50.2 Å². The molecule has 0 aliphatic heterocycles. The van der Waals surface area contributed by atoms with Gasteiger partial charge in [-0.15, -0.1) is 11.3 Å². The maximum Gasteiger partial charge on any atom is 0.303 e. The maximum absolute atomic E-state index is 10.4. The molecule has 1 aromatic carbocycles. The summed E-state index contributed by atoms with van der Waals surface area (Å²) < 4.78 is 1.02. The average molecular weight is 326 g/mol. The first-order valence-electron chi connectivity index (χ1n) is 5.58. The maximum atomic E-state index is 10.4. The molecule has 2 rings (SSSR count). The number of carboxylic acids is 1. The third-order valence-corrected chi connectivity index (χ3v) is 4.08. The number of benzene rings is 1. The summed E-state index contributed by atoms with van der Waals surface area (Å²) in [5.74, 6) is -0.752. The van der Waals surface area contributed by atoms with Crippen molar-refractivity contribution in [3.8, 4) is 11.3 Å². The lowest BCUT2D eigenvalue weighted by Crippen LogP contribution is -1.95. The lowest BCUT2D eigenvalue weighted by Gasteiger charge is -1.99. The van der Waals surface area contributed by atoms with E-state index in [0.29, 0.717) is 6.42 Å². The molecule has 18 heavy (non-hydrogen) atoms. The van der Waals surface area contributed by atoms with Crippen LogP contribution in [0.4, 0.5) is 0 Å². The van der Waals surface area contributed by atoms with Gasteiger partial charge in [0.05, 0.1) is 10.7 Å². The summed E-state index contributed by atoms with van der Waals surface area (Å²) in [6.45, 7) is 0. The average Bonchev–Trinajstić information content (AvgIpc) is 2.78. The number of nitrogens with zero attached hydrogens (tertiary/aromatic N) is 1. The molecule has 0 fully saturated rings. The summed E-state index contributed by atoms with van der Waals surface area (Å²) >= 11 is 5.08. The quantitative estimate of drug-likeness (QED) is 0.904. The minimum absolute atomic E-state index is 0.198. The first-order valence-corrected chi connectivity index (χ1v) is 7.25. The van der Waals surface area contributed by atoms with Gasteiger partial charge in [-0.1, -0.05) is 34.1 Å². The summed E-state index contributed by atoms with van der Waals surface area (Å²) in [6.07, 6.45) is 1.56. The molecule has 0 aliphatic carbocycles. The minimum atomic E-state index is -0.752. The van der Waals surface area contributed by atoms with E-state index in [0.717, 1.165) is 27.2 Å². The summed E-state index contributed by atoms with van der Waals surface area (Å²) in [6, 6.07) is 7.94. The highest BCUT2D eigenvalue weighted by Crippen LogP contribution is 2.29. The van der Waals surface area contributed by atoms with Gasteiger partial charge in [-0.2, -0.15) is 0 Å². The van der Waals surface area contributed by atoms with Gasteiger partial charge >= 0.3 is 5.97 Å². The van der Waals surface area contributed by atoms with Crippen molar-refractivity contribution in [2.45, 2.75) is 19.3 Å². The lowest BCUT2D eigenvalue weighted by atomic mass is 10.2. The van der Waals surface area contributed by atoms with E-state index in [-0.39, 0.29) is 6.42 Å². The van der Waals surface area contributed by atoms with Crippen LogP contribution in [-0.4, -0.2) is 16.1 Å². The van der Waals surface area contributed by atoms with Crippen LogP contribution in [0.2, 0.25) is 0 Å². The number of hydrogen-bond donors (Lipinski definition) is 1. The van der Waals surface area contributed by atoms with Crippen molar-refractivity contribution in [1.82, 2.24) is 4.98 Å². The number of aromatic nitrogens is 1. The number of halogens is 1. The van der Waals surface area contributed by atoms with E-state index in [2.05, 4.69) is 20.9 Å². The Morgan fingerprint density at radius 3 is 2.89 bits per heavy atom. The molecule has 0 amide bonds. The highest BCUT2D eigenvalue weighted by Gasteiger charge is 2.07. The molecule has 0 unspecified atom stereocenters. The van der Waals surface area contributed by atoms with Crippen molar-refractivity contribution >= 4 is 33.2 Å². The normalized spacial score (nSPS) is 10.5. The Hall–Kier alpha value is -1.20. The van der Waals surface area contributed by atoms with E-state index < -0.39 is 5.97 Å². The van der Waals surface area contributed by atoms with Gasteiger partial charge in [0.2, 0.25) is 0 Å². The van der Waals surface area contributed by atoms with Crippen molar-refractivity contribution in [2.75, 3.05) is 0 Å². The van der Waals surface area contributed by atoms with E-state index in [1.54, 1.807) is 11.3 Å². The molecule has 5 heteroatoms. The smallest absolute Gasteiger partial charge is 0.303 e. The van der Waals surface area contributed by atoms with Crippen molar-refractivity contribution in [2.24, 2.45) is 0 Å². The highest BCUT2D eigenvalue weighted by atomic mass is 79.9. The molecular formula is C13H12BrNO2S. The lowest BCUT2D eigenvalue weighted by molar-refractivity contribution is -0.137.